The standard InChI is InChI=1S/C16H16BrNOS/c1-19-15-7-6-12(9-14(15)17)18-10-13-8-11-4-2-3-5-16(11)20-13/h2-7,9,13,18H,8,10H2,1H3. The average Bonchev–Trinajstić information content (AvgIpc) is 2.88. The smallest absolute Gasteiger partial charge is 0.133 e. The van der Waals surface area contributed by atoms with E-state index in [1.807, 2.05) is 17.8 Å². The molecular formula is C16H16BrNOS. The summed E-state index contributed by atoms with van der Waals surface area (Å²) in [5.41, 5.74) is 2.59. The Bertz CT molecular complexity index is 592. The van der Waals surface area contributed by atoms with Crippen LogP contribution in [-0.2, 0) is 6.42 Å². The third-order valence-electron chi connectivity index (χ3n) is 3.40. The molecule has 0 saturated carbocycles. The highest BCUT2D eigenvalue weighted by Gasteiger charge is 2.21. The van der Waals surface area contributed by atoms with Crippen molar-refractivity contribution in [1.82, 2.24) is 0 Å². The second-order valence-electron chi connectivity index (χ2n) is 4.78. The Kier molecular flexibility index (Phi) is 4.22. The number of thioether (sulfide) groups is 1. The lowest BCUT2D eigenvalue weighted by molar-refractivity contribution is 0.412. The molecule has 104 valence electrons. The Hall–Kier alpha value is -1.13. The van der Waals surface area contributed by atoms with Gasteiger partial charge in [0.25, 0.3) is 0 Å². The van der Waals surface area contributed by atoms with E-state index >= 15 is 0 Å². The zero-order chi connectivity index (χ0) is 13.9. The number of rotatable bonds is 4. The van der Waals surface area contributed by atoms with Crippen LogP contribution in [0.2, 0.25) is 0 Å². The second kappa shape index (κ2) is 6.10. The molecule has 1 aliphatic heterocycles. The van der Waals surface area contributed by atoms with Gasteiger partial charge in [-0.05, 0) is 52.2 Å². The van der Waals surface area contributed by atoms with Crippen LogP contribution in [0.4, 0.5) is 5.69 Å². The van der Waals surface area contributed by atoms with Crippen LogP contribution in [-0.4, -0.2) is 18.9 Å². The number of fused-ring (bicyclic) bond motifs is 1. The first kappa shape index (κ1) is 13.8. The van der Waals surface area contributed by atoms with E-state index in [4.69, 9.17) is 4.74 Å². The number of halogens is 1. The lowest BCUT2D eigenvalue weighted by Crippen LogP contribution is -2.15. The van der Waals surface area contributed by atoms with E-state index in [1.54, 1.807) is 7.11 Å². The number of anilines is 1. The van der Waals surface area contributed by atoms with E-state index in [0.29, 0.717) is 5.25 Å². The van der Waals surface area contributed by atoms with Gasteiger partial charge in [0.2, 0.25) is 0 Å². The number of ether oxygens (including phenoxy) is 1. The topological polar surface area (TPSA) is 21.3 Å². The van der Waals surface area contributed by atoms with Crippen LogP contribution in [0.3, 0.4) is 0 Å². The van der Waals surface area contributed by atoms with Gasteiger partial charge in [-0.3, -0.25) is 0 Å². The van der Waals surface area contributed by atoms with Crippen LogP contribution >= 0.6 is 27.7 Å². The summed E-state index contributed by atoms with van der Waals surface area (Å²) < 4.78 is 6.22. The molecule has 4 heteroatoms. The maximum Gasteiger partial charge on any atom is 0.133 e. The minimum absolute atomic E-state index is 0.605. The van der Waals surface area contributed by atoms with Crippen molar-refractivity contribution in [3.63, 3.8) is 0 Å². The molecule has 0 aliphatic carbocycles. The monoisotopic (exact) mass is 349 g/mol. The van der Waals surface area contributed by atoms with Crippen molar-refractivity contribution >= 4 is 33.4 Å². The highest BCUT2D eigenvalue weighted by molar-refractivity contribution is 9.10. The van der Waals surface area contributed by atoms with Gasteiger partial charge in [0.1, 0.15) is 5.75 Å². The summed E-state index contributed by atoms with van der Waals surface area (Å²) in [6.45, 7) is 0.970. The van der Waals surface area contributed by atoms with E-state index in [9.17, 15) is 0 Å². The summed E-state index contributed by atoms with van der Waals surface area (Å²) >= 11 is 5.48. The van der Waals surface area contributed by atoms with Gasteiger partial charge in [0, 0.05) is 22.4 Å². The first-order valence-electron chi connectivity index (χ1n) is 6.58. The first-order valence-corrected chi connectivity index (χ1v) is 8.25. The van der Waals surface area contributed by atoms with Gasteiger partial charge in [-0.15, -0.1) is 11.8 Å². The summed E-state index contributed by atoms with van der Waals surface area (Å²) in [6, 6.07) is 14.8. The van der Waals surface area contributed by atoms with Gasteiger partial charge in [-0.1, -0.05) is 18.2 Å². The van der Waals surface area contributed by atoms with Crippen LogP contribution < -0.4 is 10.1 Å². The molecule has 1 atom stereocenters. The predicted octanol–water partition coefficient (Wildman–Crippen LogP) is 4.59. The van der Waals surface area contributed by atoms with E-state index in [0.717, 1.165) is 28.9 Å². The molecule has 1 unspecified atom stereocenters. The van der Waals surface area contributed by atoms with Gasteiger partial charge in [0.15, 0.2) is 0 Å². The number of hydrogen-bond acceptors (Lipinski definition) is 3. The highest BCUT2D eigenvalue weighted by atomic mass is 79.9. The summed E-state index contributed by atoms with van der Waals surface area (Å²) in [4.78, 5) is 1.43. The maximum absolute atomic E-state index is 5.24. The van der Waals surface area contributed by atoms with Gasteiger partial charge < -0.3 is 10.1 Å². The Morgan fingerprint density at radius 1 is 1.30 bits per heavy atom. The van der Waals surface area contributed by atoms with E-state index in [2.05, 4.69) is 57.6 Å². The van der Waals surface area contributed by atoms with Crippen molar-refractivity contribution in [1.29, 1.82) is 0 Å². The van der Waals surface area contributed by atoms with Gasteiger partial charge >= 0.3 is 0 Å². The highest BCUT2D eigenvalue weighted by Crippen LogP contribution is 2.37. The fourth-order valence-corrected chi connectivity index (χ4v) is 4.17. The van der Waals surface area contributed by atoms with Crippen LogP contribution in [0.1, 0.15) is 5.56 Å². The van der Waals surface area contributed by atoms with Crippen molar-refractivity contribution in [2.45, 2.75) is 16.6 Å². The third kappa shape index (κ3) is 2.96. The fraction of sp³-hybridized carbons (Fsp3) is 0.250. The minimum Gasteiger partial charge on any atom is -0.496 e. The maximum atomic E-state index is 5.24. The van der Waals surface area contributed by atoms with Gasteiger partial charge in [0.05, 0.1) is 11.6 Å². The Labute approximate surface area is 132 Å². The molecule has 0 radical (unpaired) electrons. The van der Waals surface area contributed by atoms with Crippen molar-refractivity contribution < 1.29 is 4.74 Å². The molecule has 0 aromatic heterocycles. The van der Waals surface area contributed by atoms with Crippen LogP contribution in [0.15, 0.2) is 51.8 Å². The summed E-state index contributed by atoms with van der Waals surface area (Å²) in [7, 11) is 1.68. The van der Waals surface area contributed by atoms with Crippen molar-refractivity contribution in [3.8, 4) is 5.75 Å². The van der Waals surface area contributed by atoms with E-state index in [-0.39, 0.29) is 0 Å². The molecule has 0 fully saturated rings. The third-order valence-corrected chi connectivity index (χ3v) is 5.34. The largest absolute Gasteiger partial charge is 0.496 e. The lowest BCUT2D eigenvalue weighted by Gasteiger charge is -2.12. The Balaban J connectivity index is 1.60. The van der Waals surface area contributed by atoms with E-state index < -0.39 is 0 Å². The molecule has 1 heterocycles. The molecule has 0 bridgehead atoms. The second-order valence-corrected chi connectivity index (χ2v) is 6.98. The summed E-state index contributed by atoms with van der Waals surface area (Å²) in [5, 5.41) is 4.11. The summed E-state index contributed by atoms with van der Waals surface area (Å²) in [5.74, 6) is 0.859. The summed E-state index contributed by atoms with van der Waals surface area (Å²) in [6.07, 6.45) is 1.14. The number of methoxy groups -OCH3 is 1. The number of benzene rings is 2. The zero-order valence-electron chi connectivity index (χ0n) is 11.2. The molecule has 2 aromatic rings. The minimum atomic E-state index is 0.605. The van der Waals surface area contributed by atoms with Gasteiger partial charge in [-0.2, -0.15) is 0 Å². The van der Waals surface area contributed by atoms with Crippen molar-refractivity contribution in [3.05, 3.63) is 52.5 Å². The van der Waals surface area contributed by atoms with Crippen LogP contribution in [0.25, 0.3) is 0 Å². The molecule has 3 rings (SSSR count). The van der Waals surface area contributed by atoms with Crippen LogP contribution in [0.5, 0.6) is 5.75 Å². The molecule has 0 saturated heterocycles. The first-order chi connectivity index (χ1) is 9.76. The van der Waals surface area contributed by atoms with Crippen LogP contribution in [0, 0.1) is 0 Å². The van der Waals surface area contributed by atoms with Crippen molar-refractivity contribution in [2.75, 3.05) is 19.0 Å². The SMILES string of the molecule is COc1ccc(NCC2Cc3ccccc3S2)cc1Br. The molecule has 2 nitrogen and oxygen atoms in total. The van der Waals surface area contributed by atoms with E-state index in [1.165, 1.54) is 10.5 Å². The average molecular weight is 350 g/mol. The van der Waals surface area contributed by atoms with Gasteiger partial charge in [-0.25, -0.2) is 0 Å². The Morgan fingerprint density at radius 3 is 2.90 bits per heavy atom. The number of hydrogen-bond donors (Lipinski definition) is 1. The normalized spacial score (nSPS) is 16.8. The lowest BCUT2D eigenvalue weighted by atomic mass is 10.1. The molecule has 20 heavy (non-hydrogen) atoms. The zero-order valence-corrected chi connectivity index (χ0v) is 13.6. The molecule has 0 spiro atoms. The molecule has 2 aromatic carbocycles. The number of nitrogens with one attached hydrogen (secondary N) is 1. The molecule has 1 N–H and O–H groups in total. The predicted molar refractivity (Wildman–Crippen MR) is 89.0 cm³/mol. The Morgan fingerprint density at radius 2 is 2.15 bits per heavy atom. The van der Waals surface area contributed by atoms with Crippen molar-refractivity contribution in [2.24, 2.45) is 0 Å². The molecule has 0 amide bonds. The quantitative estimate of drug-likeness (QED) is 0.872. The molecule has 1 aliphatic rings. The fourth-order valence-electron chi connectivity index (χ4n) is 2.38. The molecular weight excluding hydrogens is 334 g/mol.